The van der Waals surface area contributed by atoms with Gasteiger partial charge in [-0.05, 0) is 44.0 Å². The highest BCUT2D eigenvalue weighted by Gasteiger charge is 2.27. The molecular formula is C21H26N2O2. The highest BCUT2D eigenvalue weighted by molar-refractivity contribution is 5.95. The van der Waals surface area contributed by atoms with Crippen LogP contribution in [0, 0.1) is 13.8 Å². The van der Waals surface area contributed by atoms with Crippen LogP contribution < -0.4 is 0 Å². The van der Waals surface area contributed by atoms with Crippen molar-refractivity contribution in [1.82, 2.24) is 9.88 Å². The molecule has 0 spiro atoms. The predicted octanol–water partition coefficient (Wildman–Crippen LogP) is 4.01. The molecule has 0 radical (unpaired) electrons. The zero-order chi connectivity index (χ0) is 17.8. The van der Waals surface area contributed by atoms with Gasteiger partial charge in [-0.1, -0.05) is 31.5 Å². The number of carbonyl (C=O) groups excluding carboxylic acids is 1. The quantitative estimate of drug-likeness (QED) is 0.846. The van der Waals surface area contributed by atoms with Crippen molar-refractivity contribution in [3.05, 3.63) is 53.3 Å². The zero-order valence-corrected chi connectivity index (χ0v) is 15.3. The van der Waals surface area contributed by atoms with Gasteiger partial charge in [-0.3, -0.25) is 9.78 Å². The number of pyridine rings is 1. The van der Waals surface area contributed by atoms with Gasteiger partial charge in [-0.15, -0.1) is 0 Å². The van der Waals surface area contributed by atoms with Crippen LogP contribution in [-0.4, -0.2) is 41.6 Å². The fourth-order valence-corrected chi connectivity index (χ4v) is 3.44. The molecule has 25 heavy (non-hydrogen) atoms. The van der Waals surface area contributed by atoms with E-state index < -0.39 is 0 Å². The maximum Gasteiger partial charge on any atom is 0.254 e. The summed E-state index contributed by atoms with van der Waals surface area (Å²) in [6.07, 6.45) is 2.04. The number of morpholine rings is 1. The van der Waals surface area contributed by atoms with Gasteiger partial charge in [-0.25, -0.2) is 0 Å². The number of aryl methyl sites for hydroxylation is 2. The Bertz CT molecular complexity index is 738. The van der Waals surface area contributed by atoms with Crippen molar-refractivity contribution < 1.29 is 9.53 Å². The number of amides is 1. The van der Waals surface area contributed by atoms with E-state index in [4.69, 9.17) is 4.74 Å². The minimum absolute atomic E-state index is 0.104. The second-order valence-electron chi connectivity index (χ2n) is 6.68. The summed E-state index contributed by atoms with van der Waals surface area (Å²) in [7, 11) is 0. The molecule has 3 rings (SSSR count). The maximum absolute atomic E-state index is 12.9. The normalized spacial score (nSPS) is 17.6. The molecule has 0 N–H and O–H groups in total. The molecular weight excluding hydrogens is 312 g/mol. The molecule has 132 valence electrons. The smallest absolute Gasteiger partial charge is 0.254 e. The van der Waals surface area contributed by atoms with Crippen LogP contribution in [0.3, 0.4) is 0 Å². The molecule has 0 saturated carbocycles. The topological polar surface area (TPSA) is 42.4 Å². The lowest BCUT2D eigenvalue weighted by Gasteiger charge is -2.35. The Kier molecular flexibility index (Phi) is 5.49. The predicted molar refractivity (Wildman–Crippen MR) is 99.7 cm³/mol. The molecule has 1 atom stereocenters. The van der Waals surface area contributed by atoms with Crippen molar-refractivity contribution in [3.8, 4) is 11.1 Å². The Morgan fingerprint density at radius 1 is 1.20 bits per heavy atom. The standard InChI is InChI=1S/C21H26N2O2/c1-4-5-19-14-25-13-12-23(19)21(24)18-9-7-17(8-10-18)20-11-6-15(2)22-16(20)3/h6-11,19H,4-5,12-14H2,1-3H3. The number of nitrogens with zero attached hydrogens (tertiary/aromatic N) is 2. The number of hydrogen-bond acceptors (Lipinski definition) is 3. The lowest BCUT2D eigenvalue weighted by molar-refractivity contribution is -0.00433. The van der Waals surface area contributed by atoms with Gasteiger partial charge in [0.25, 0.3) is 5.91 Å². The van der Waals surface area contributed by atoms with E-state index in [0.717, 1.165) is 40.9 Å². The van der Waals surface area contributed by atoms with Gasteiger partial charge in [0.2, 0.25) is 0 Å². The molecule has 2 aromatic rings. The van der Waals surface area contributed by atoms with Crippen molar-refractivity contribution in [1.29, 1.82) is 0 Å². The SMILES string of the molecule is CCCC1COCCN1C(=O)c1ccc(-c2ccc(C)nc2C)cc1. The first-order valence-electron chi connectivity index (χ1n) is 9.03. The fraction of sp³-hybridized carbons (Fsp3) is 0.429. The van der Waals surface area contributed by atoms with Gasteiger partial charge in [0, 0.05) is 29.1 Å². The highest BCUT2D eigenvalue weighted by atomic mass is 16.5. The summed E-state index contributed by atoms with van der Waals surface area (Å²) in [6.45, 7) is 8.10. The fourth-order valence-electron chi connectivity index (χ4n) is 3.44. The molecule has 1 amide bonds. The number of ether oxygens (including phenoxy) is 1. The van der Waals surface area contributed by atoms with E-state index in [-0.39, 0.29) is 11.9 Å². The number of carbonyl (C=O) groups is 1. The summed E-state index contributed by atoms with van der Waals surface area (Å²) < 4.78 is 5.55. The Labute approximate surface area is 149 Å². The molecule has 0 bridgehead atoms. The van der Waals surface area contributed by atoms with Crippen LogP contribution in [0.25, 0.3) is 11.1 Å². The number of hydrogen-bond donors (Lipinski definition) is 0. The summed E-state index contributed by atoms with van der Waals surface area (Å²) in [4.78, 5) is 19.4. The van der Waals surface area contributed by atoms with Crippen molar-refractivity contribution in [2.45, 2.75) is 39.7 Å². The van der Waals surface area contributed by atoms with Crippen LogP contribution >= 0.6 is 0 Å². The van der Waals surface area contributed by atoms with E-state index in [1.54, 1.807) is 0 Å². The van der Waals surface area contributed by atoms with Crippen LogP contribution in [0.15, 0.2) is 36.4 Å². The Hall–Kier alpha value is -2.20. The van der Waals surface area contributed by atoms with Crippen molar-refractivity contribution in [2.75, 3.05) is 19.8 Å². The minimum atomic E-state index is 0.104. The van der Waals surface area contributed by atoms with E-state index in [0.29, 0.717) is 19.8 Å². The Morgan fingerprint density at radius 3 is 2.64 bits per heavy atom. The van der Waals surface area contributed by atoms with Gasteiger partial charge >= 0.3 is 0 Å². The van der Waals surface area contributed by atoms with Crippen molar-refractivity contribution in [2.24, 2.45) is 0 Å². The third-order valence-electron chi connectivity index (χ3n) is 4.78. The van der Waals surface area contributed by atoms with Crippen LogP contribution in [-0.2, 0) is 4.74 Å². The largest absolute Gasteiger partial charge is 0.377 e. The van der Waals surface area contributed by atoms with Crippen LogP contribution in [0.2, 0.25) is 0 Å². The molecule has 1 aliphatic heterocycles. The third kappa shape index (κ3) is 3.90. The molecule has 1 aromatic heterocycles. The third-order valence-corrected chi connectivity index (χ3v) is 4.78. The van der Waals surface area contributed by atoms with E-state index >= 15 is 0 Å². The summed E-state index contributed by atoms with van der Waals surface area (Å²) in [6, 6.07) is 12.2. The van der Waals surface area contributed by atoms with Gasteiger partial charge in [-0.2, -0.15) is 0 Å². The van der Waals surface area contributed by atoms with Crippen LogP contribution in [0.1, 0.15) is 41.5 Å². The lowest BCUT2D eigenvalue weighted by atomic mass is 10.0. The zero-order valence-electron chi connectivity index (χ0n) is 15.3. The average molecular weight is 338 g/mol. The van der Waals surface area contributed by atoms with Gasteiger partial charge in [0.15, 0.2) is 0 Å². The molecule has 1 unspecified atom stereocenters. The molecule has 1 aliphatic rings. The molecule has 4 heteroatoms. The van der Waals surface area contributed by atoms with E-state index in [1.807, 2.05) is 49.1 Å². The first-order chi connectivity index (χ1) is 12.1. The molecule has 1 fully saturated rings. The number of benzene rings is 1. The maximum atomic E-state index is 12.9. The molecule has 0 aliphatic carbocycles. The molecule has 4 nitrogen and oxygen atoms in total. The van der Waals surface area contributed by atoms with E-state index in [1.165, 1.54) is 0 Å². The monoisotopic (exact) mass is 338 g/mol. The second kappa shape index (κ2) is 7.79. The molecule has 2 heterocycles. The van der Waals surface area contributed by atoms with Crippen LogP contribution in [0.5, 0.6) is 0 Å². The van der Waals surface area contributed by atoms with Crippen molar-refractivity contribution in [3.63, 3.8) is 0 Å². The highest BCUT2D eigenvalue weighted by Crippen LogP contribution is 2.24. The average Bonchev–Trinajstić information content (AvgIpc) is 2.62. The van der Waals surface area contributed by atoms with Crippen LogP contribution in [0.4, 0.5) is 0 Å². The van der Waals surface area contributed by atoms with Gasteiger partial charge in [0.1, 0.15) is 0 Å². The first-order valence-corrected chi connectivity index (χ1v) is 9.03. The van der Waals surface area contributed by atoms with E-state index in [2.05, 4.69) is 18.0 Å². The second-order valence-corrected chi connectivity index (χ2v) is 6.68. The Balaban J connectivity index is 1.80. The number of aromatic nitrogens is 1. The first kappa shape index (κ1) is 17.6. The Morgan fingerprint density at radius 2 is 1.96 bits per heavy atom. The summed E-state index contributed by atoms with van der Waals surface area (Å²) in [5.74, 6) is 0.104. The summed E-state index contributed by atoms with van der Waals surface area (Å²) in [5, 5.41) is 0. The van der Waals surface area contributed by atoms with Crippen molar-refractivity contribution >= 4 is 5.91 Å². The molecule has 1 saturated heterocycles. The molecule has 1 aromatic carbocycles. The summed E-state index contributed by atoms with van der Waals surface area (Å²) >= 11 is 0. The van der Waals surface area contributed by atoms with E-state index in [9.17, 15) is 4.79 Å². The lowest BCUT2D eigenvalue weighted by Crippen LogP contribution is -2.48. The van der Waals surface area contributed by atoms with Gasteiger partial charge < -0.3 is 9.64 Å². The number of rotatable bonds is 4. The summed E-state index contributed by atoms with van der Waals surface area (Å²) in [5.41, 5.74) is 4.97. The van der Waals surface area contributed by atoms with Gasteiger partial charge in [0.05, 0.1) is 19.3 Å². The minimum Gasteiger partial charge on any atom is -0.377 e.